The molecule has 0 bridgehead atoms. The molecule has 0 spiro atoms. The summed E-state index contributed by atoms with van der Waals surface area (Å²) < 4.78 is 26.6. The van der Waals surface area contributed by atoms with E-state index in [9.17, 15) is 14.0 Å². The Hall–Kier alpha value is -3.56. The topological polar surface area (TPSA) is 117 Å². The number of nitrogens with two attached hydrogens (primary N) is 1. The molecule has 0 aliphatic carbocycles. The number of hydrogen-bond donors (Lipinski definition) is 1. The van der Waals surface area contributed by atoms with Crippen molar-refractivity contribution in [2.24, 2.45) is 12.8 Å². The summed E-state index contributed by atoms with van der Waals surface area (Å²) in [5, 5.41) is 0. The van der Waals surface area contributed by atoms with E-state index in [1.807, 2.05) is 4.90 Å². The molecular formula is C22H23FN8O2S. The quantitative estimate of drug-likeness (QED) is 0.432. The molecule has 12 heteroatoms. The van der Waals surface area contributed by atoms with Gasteiger partial charge in [0.15, 0.2) is 17.0 Å². The second-order valence-corrected chi connectivity index (χ2v) is 8.92. The van der Waals surface area contributed by atoms with Crippen LogP contribution in [0.1, 0.15) is 25.3 Å². The monoisotopic (exact) mass is 482 g/mol. The fraction of sp³-hybridized carbons (Fsp3) is 0.409. The second-order valence-electron chi connectivity index (χ2n) is 8.39. The van der Waals surface area contributed by atoms with E-state index in [1.54, 1.807) is 24.6 Å². The fourth-order valence-electron chi connectivity index (χ4n) is 4.42. The smallest absolute Gasteiger partial charge is 0.332 e. The molecule has 1 atom stereocenters. The maximum atomic E-state index is 14.4. The average Bonchev–Trinajstić information content (AvgIpc) is 3.44. The van der Waals surface area contributed by atoms with Crippen molar-refractivity contribution >= 4 is 39.9 Å². The van der Waals surface area contributed by atoms with Crippen LogP contribution in [0.25, 0.3) is 22.2 Å². The molecule has 1 saturated heterocycles. The van der Waals surface area contributed by atoms with Gasteiger partial charge in [-0.25, -0.2) is 9.18 Å². The zero-order valence-electron chi connectivity index (χ0n) is 18.8. The van der Waals surface area contributed by atoms with Gasteiger partial charge in [0.2, 0.25) is 5.95 Å². The molecule has 34 heavy (non-hydrogen) atoms. The van der Waals surface area contributed by atoms with Crippen molar-refractivity contribution in [2.45, 2.75) is 38.9 Å². The summed E-state index contributed by atoms with van der Waals surface area (Å²) in [4.78, 5) is 33.5. The summed E-state index contributed by atoms with van der Waals surface area (Å²) >= 11 is 0.906. The highest BCUT2D eigenvalue weighted by molar-refractivity contribution is 7.00. The van der Waals surface area contributed by atoms with Gasteiger partial charge in [0.05, 0.1) is 24.8 Å². The van der Waals surface area contributed by atoms with Gasteiger partial charge in [0.1, 0.15) is 11.0 Å². The molecule has 3 aromatic heterocycles. The van der Waals surface area contributed by atoms with Crippen LogP contribution >= 0.6 is 11.7 Å². The van der Waals surface area contributed by atoms with E-state index >= 15 is 0 Å². The minimum Gasteiger partial charge on any atom is -0.341 e. The number of halogens is 1. The molecule has 2 N–H and O–H groups in total. The molecule has 1 aromatic carbocycles. The Morgan fingerprint density at radius 3 is 2.85 bits per heavy atom. The predicted octanol–water partition coefficient (Wildman–Crippen LogP) is 1.04. The maximum absolute atomic E-state index is 14.4. The number of rotatable bonds is 4. The fourth-order valence-corrected chi connectivity index (χ4v) is 4.95. The highest BCUT2D eigenvalue weighted by atomic mass is 32.1. The summed E-state index contributed by atoms with van der Waals surface area (Å²) in [6, 6.07) is 2.92. The largest absolute Gasteiger partial charge is 0.341 e. The van der Waals surface area contributed by atoms with Crippen molar-refractivity contribution in [2.75, 3.05) is 18.0 Å². The average molecular weight is 483 g/mol. The number of nitrogens with zero attached hydrogens (tertiary/aromatic N) is 7. The molecule has 4 heterocycles. The molecule has 0 amide bonds. The molecular weight excluding hydrogens is 459 g/mol. The number of benzene rings is 1. The Labute approximate surface area is 197 Å². The van der Waals surface area contributed by atoms with Gasteiger partial charge in [-0.05, 0) is 37.5 Å². The first-order valence-electron chi connectivity index (χ1n) is 10.9. The Kier molecular flexibility index (Phi) is 5.66. The van der Waals surface area contributed by atoms with E-state index in [0.717, 1.165) is 35.7 Å². The third-order valence-electron chi connectivity index (χ3n) is 6.08. The minimum atomic E-state index is -0.542. The number of anilines is 1. The third kappa shape index (κ3) is 3.66. The van der Waals surface area contributed by atoms with Crippen LogP contribution in [-0.4, -0.2) is 46.6 Å². The molecule has 176 valence electrons. The number of hydrogen-bond acceptors (Lipinski definition) is 8. The first-order valence-corrected chi connectivity index (χ1v) is 11.6. The molecule has 10 nitrogen and oxygen atoms in total. The van der Waals surface area contributed by atoms with Gasteiger partial charge in [-0.3, -0.25) is 18.5 Å². The van der Waals surface area contributed by atoms with Crippen LogP contribution in [0.15, 0.2) is 21.7 Å². The first-order chi connectivity index (χ1) is 16.4. The van der Waals surface area contributed by atoms with Crippen molar-refractivity contribution in [1.82, 2.24) is 27.4 Å². The van der Waals surface area contributed by atoms with Gasteiger partial charge >= 0.3 is 5.69 Å². The van der Waals surface area contributed by atoms with E-state index in [2.05, 4.69) is 25.6 Å². The van der Waals surface area contributed by atoms with Crippen molar-refractivity contribution in [1.29, 1.82) is 0 Å². The molecule has 1 aliphatic rings. The summed E-state index contributed by atoms with van der Waals surface area (Å²) in [6.45, 7) is 3.21. The number of aryl methyl sites for hydroxylation is 1. The van der Waals surface area contributed by atoms with E-state index in [4.69, 9.17) is 5.73 Å². The standard InChI is InChI=1S/C22H23FN8O2S/c1-3-4-8-30-18-19(25-21(30)29-7-5-6-14(24)12-29)28(2)22(33)31(20(18)32)11-13-9-15(23)17-16(10-13)26-34-27-17/h9-10,14H,5-8,11-12,24H2,1-2H3/t14-/m1/s1. The van der Waals surface area contributed by atoms with Gasteiger partial charge in [-0.2, -0.15) is 13.7 Å². The lowest BCUT2D eigenvalue weighted by molar-refractivity contribution is 0.496. The van der Waals surface area contributed by atoms with Crippen molar-refractivity contribution in [3.63, 3.8) is 0 Å². The molecule has 0 saturated carbocycles. The van der Waals surface area contributed by atoms with E-state index in [-0.39, 0.29) is 35.8 Å². The number of aromatic nitrogens is 6. The Morgan fingerprint density at radius 1 is 1.26 bits per heavy atom. The molecule has 0 unspecified atom stereocenters. The van der Waals surface area contributed by atoms with Crippen LogP contribution in [0.3, 0.4) is 0 Å². The van der Waals surface area contributed by atoms with Crippen LogP contribution in [0.2, 0.25) is 0 Å². The van der Waals surface area contributed by atoms with E-state index < -0.39 is 17.1 Å². The van der Waals surface area contributed by atoms with Gasteiger partial charge in [0.25, 0.3) is 5.56 Å². The summed E-state index contributed by atoms with van der Waals surface area (Å²) in [5.74, 6) is 5.89. The predicted molar refractivity (Wildman–Crippen MR) is 129 cm³/mol. The van der Waals surface area contributed by atoms with E-state index in [0.29, 0.717) is 23.6 Å². The minimum absolute atomic E-state index is 0.00441. The normalized spacial score (nSPS) is 16.2. The van der Waals surface area contributed by atoms with Crippen LogP contribution in [0.5, 0.6) is 0 Å². The maximum Gasteiger partial charge on any atom is 0.332 e. The van der Waals surface area contributed by atoms with Crippen molar-refractivity contribution < 1.29 is 4.39 Å². The molecule has 1 aliphatic heterocycles. The van der Waals surface area contributed by atoms with Gasteiger partial charge < -0.3 is 10.6 Å². The molecule has 0 radical (unpaired) electrons. The Balaban J connectivity index is 1.69. The molecule has 5 rings (SSSR count). The second kappa shape index (κ2) is 8.66. The molecule has 4 aromatic rings. The SMILES string of the molecule is CC#CCn1c(N2CCC[C@@H](N)C2)nc2c1c(=O)n(Cc1cc(F)c3nsnc3c1)c(=O)n2C. The van der Waals surface area contributed by atoms with Crippen LogP contribution in [0, 0.1) is 17.7 Å². The number of fused-ring (bicyclic) bond motifs is 2. The highest BCUT2D eigenvalue weighted by Crippen LogP contribution is 2.23. The molecule has 1 fully saturated rings. The first kappa shape index (κ1) is 22.2. The van der Waals surface area contributed by atoms with Gasteiger partial charge in [-0.1, -0.05) is 5.92 Å². The van der Waals surface area contributed by atoms with Gasteiger partial charge in [-0.15, -0.1) is 5.92 Å². The lowest BCUT2D eigenvalue weighted by Crippen LogP contribution is -2.44. The number of piperidine rings is 1. The highest BCUT2D eigenvalue weighted by Gasteiger charge is 2.26. The van der Waals surface area contributed by atoms with Crippen LogP contribution in [0.4, 0.5) is 10.3 Å². The zero-order chi connectivity index (χ0) is 24.0. The lowest BCUT2D eigenvalue weighted by Gasteiger charge is -2.31. The van der Waals surface area contributed by atoms with E-state index in [1.165, 1.54) is 10.6 Å². The van der Waals surface area contributed by atoms with Crippen LogP contribution < -0.4 is 21.9 Å². The van der Waals surface area contributed by atoms with Crippen molar-refractivity contribution in [3.05, 3.63) is 44.4 Å². The van der Waals surface area contributed by atoms with Crippen molar-refractivity contribution in [3.8, 4) is 11.8 Å². The lowest BCUT2D eigenvalue weighted by atomic mass is 10.1. The Morgan fingerprint density at radius 2 is 2.09 bits per heavy atom. The number of imidazole rings is 1. The third-order valence-corrected chi connectivity index (χ3v) is 6.62. The van der Waals surface area contributed by atoms with Gasteiger partial charge in [0, 0.05) is 26.2 Å². The summed E-state index contributed by atoms with van der Waals surface area (Å²) in [7, 11) is 1.57. The summed E-state index contributed by atoms with van der Waals surface area (Å²) in [5.41, 5.74) is 6.69. The van der Waals surface area contributed by atoms with Crippen LogP contribution in [-0.2, 0) is 20.1 Å². The zero-order valence-corrected chi connectivity index (χ0v) is 19.6. The summed E-state index contributed by atoms with van der Waals surface area (Å²) in [6.07, 6.45) is 1.83. The Bertz CT molecular complexity index is 1590.